The summed E-state index contributed by atoms with van der Waals surface area (Å²) in [4.78, 5) is 26.6. The molecule has 1 aromatic carbocycles. The Morgan fingerprint density at radius 2 is 2.25 bits per heavy atom. The minimum atomic E-state index is -0.821. The quantitative estimate of drug-likeness (QED) is 0.723. The molecule has 2 bridgehead atoms. The fraction of sp³-hybridized carbons (Fsp3) is 0.263. The summed E-state index contributed by atoms with van der Waals surface area (Å²) in [5, 5.41) is 0. The van der Waals surface area contributed by atoms with Crippen molar-refractivity contribution in [1.82, 2.24) is 0 Å². The number of benzene rings is 1. The van der Waals surface area contributed by atoms with Gasteiger partial charge in [0.15, 0.2) is 5.78 Å². The summed E-state index contributed by atoms with van der Waals surface area (Å²) >= 11 is 3.22. The summed E-state index contributed by atoms with van der Waals surface area (Å²) in [6.07, 6.45) is 5.53. The second-order valence-electron chi connectivity index (χ2n) is 6.28. The minimum Gasteiger partial charge on any atom is -0.305 e. The smallest absolute Gasteiger partial charge is 0.237 e. The molecule has 0 radical (unpaired) electrons. The zero-order valence-corrected chi connectivity index (χ0v) is 14.7. The number of hydrogen-bond acceptors (Lipinski definition) is 2. The van der Waals surface area contributed by atoms with Gasteiger partial charge in [-0.1, -0.05) is 40.2 Å². The molecule has 0 aliphatic heterocycles. The lowest BCUT2D eigenvalue weighted by molar-refractivity contribution is -0.126. The van der Waals surface area contributed by atoms with E-state index in [-0.39, 0.29) is 29.8 Å². The number of fused-ring (bicyclic) bond motifs is 2. The van der Waals surface area contributed by atoms with Gasteiger partial charge in [0.05, 0.1) is 11.1 Å². The third-order valence-corrected chi connectivity index (χ3v) is 5.19. The third-order valence-electron chi connectivity index (χ3n) is 4.70. The molecule has 0 N–H and O–H groups in total. The van der Waals surface area contributed by atoms with Gasteiger partial charge in [-0.05, 0) is 37.1 Å². The van der Waals surface area contributed by atoms with Crippen LogP contribution in [-0.2, 0) is 9.59 Å². The number of hydrogen-bond donors (Lipinski definition) is 0. The molecule has 0 heterocycles. The van der Waals surface area contributed by atoms with Crippen molar-refractivity contribution in [2.45, 2.75) is 12.8 Å². The Bertz CT molecular complexity index is 786. The number of nitrogens with zero attached hydrogens (tertiary/aromatic N) is 1. The van der Waals surface area contributed by atoms with E-state index in [1.807, 2.05) is 0 Å². The van der Waals surface area contributed by atoms with E-state index in [4.69, 9.17) is 0 Å². The molecule has 2 atom stereocenters. The SMILES string of the molecule is C=CCN(C(=O)[C@]12C=CC(=O)[C@H](C1)C(=C)C2)c1ccc(Br)cc1F. The number of halogens is 2. The number of anilines is 1. The van der Waals surface area contributed by atoms with E-state index in [0.717, 1.165) is 5.57 Å². The molecular weight excluding hydrogens is 373 g/mol. The molecule has 3 rings (SSSR count). The highest BCUT2D eigenvalue weighted by atomic mass is 79.9. The lowest BCUT2D eigenvalue weighted by Gasteiger charge is -2.33. The summed E-state index contributed by atoms with van der Waals surface area (Å²) in [6.45, 7) is 7.81. The molecule has 3 nitrogen and oxygen atoms in total. The number of amides is 1. The monoisotopic (exact) mass is 389 g/mol. The van der Waals surface area contributed by atoms with Gasteiger partial charge in [0.25, 0.3) is 0 Å². The molecule has 0 aromatic heterocycles. The topological polar surface area (TPSA) is 37.4 Å². The van der Waals surface area contributed by atoms with Crippen LogP contribution in [0.5, 0.6) is 0 Å². The first-order chi connectivity index (χ1) is 11.4. The number of rotatable bonds is 4. The van der Waals surface area contributed by atoms with Crippen LogP contribution in [0.1, 0.15) is 12.8 Å². The standard InChI is InChI=1S/C19H17BrFNO2/c1-3-8-22(16-5-4-13(20)9-15(16)21)18(24)19-7-6-17(23)14(11-19)12(2)10-19/h3-7,9,14H,1-2,8,10-11H2/t14-,19+/m1/s1. The van der Waals surface area contributed by atoms with Gasteiger partial charge in [0, 0.05) is 16.9 Å². The number of ketones is 1. The fourth-order valence-electron chi connectivity index (χ4n) is 3.52. The van der Waals surface area contributed by atoms with Gasteiger partial charge >= 0.3 is 0 Å². The van der Waals surface area contributed by atoms with Gasteiger partial charge in [0.2, 0.25) is 5.91 Å². The van der Waals surface area contributed by atoms with Crippen LogP contribution >= 0.6 is 15.9 Å². The van der Waals surface area contributed by atoms with Crippen molar-refractivity contribution < 1.29 is 14.0 Å². The zero-order chi connectivity index (χ0) is 17.5. The zero-order valence-electron chi connectivity index (χ0n) is 13.1. The average molecular weight is 390 g/mol. The fourth-order valence-corrected chi connectivity index (χ4v) is 3.85. The molecule has 1 saturated carbocycles. The number of carbonyl (C=O) groups excluding carboxylic acids is 2. The molecule has 0 unspecified atom stereocenters. The first-order valence-corrected chi connectivity index (χ1v) is 8.46. The molecule has 0 saturated heterocycles. The van der Waals surface area contributed by atoms with Crippen LogP contribution in [0.15, 0.2) is 59.6 Å². The Hall–Kier alpha value is -2.01. The predicted molar refractivity (Wildman–Crippen MR) is 95.1 cm³/mol. The maximum atomic E-state index is 14.4. The van der Waals surface area contributed by atoms with E-state index in [2.05, 4.69) is 29.1 Å². The Labute approximate surface area is 148 Å². The van der Waals surface area contributed by atoms with Crippen molar-refractivity contribution in [3.63, 3.8) is 0 Å². The second kappa shape index (κ2) is 6.13. The predicted octanol–water partition coefficient (Wildman–Crippen LogP) is 4.20. The average Bonchev–Trinajstić information content (AvgIpc) is 2.83. The minimum absolute atomic E-state index is 0.00832. The van der Waals surface area contributed by atoms with Crippen LogP contribution in [-0.4, -0.2) is 18.2 Å². The summed E-state index contributed by atoms with van der Waals surface area (Å²) in [5.41, 5.74) is 0.156. The van der Waals surface area contributed by atoms with Gasteiger partial charge in [-0.25, -0.2) is 4.39 Å². The van der Waals surface area contributed by atoms with Crippen molar-refractivity contribution in [1.29, 1.82) is 0 Å². The Kier molecular flexibility index (Phi) is 4.30. The molecular formula is C19H17BrFNO2. The lowest BCUT2D eigenvalue weighted by atomic mass is 9.79. The highest BCUT2D eigenvalue weighted by Crippen LogP contribution is 2.50. The largest absolute Gasteiger partial charge is 0.305 e. The van der Waals surface area contributed by atoms with Crippen LogP contribution in [0.25, 0.3) is 0 Å². The molecule has 1 amide bonds. The first-order valence-electron chi connectivity index (χ1n) is 7.66. The van der Waals surface area contributed by atoms with Crippen molar-refractivity contribution in [2.24, 2.45) is 11.3 Å². The van der Waals surface area contributed by atoms with Gasteiger partial charge in [-0.3, -0.25) is 9.59 Å². The Morgan fingerprint density at radius 1 is 1.50 bits per heavy atom. The van der Waals surface area contributed by atoms with E-state index in [1.165, 1.54) is 17.0 Å². The summed E-state index contributed by atoms with van der Waals surface area (Å²) in [7, 11) is 0. The van der Waals surface area contributed by atoms with E-state index >= 15 is 0 Å². The van der Waals surface area contributed by atoms with Gasteiger partial charge in [-0.15, -0.1) is 6.58 Å². The molecule has 2 aliphatic rings. The molecule has 2 aliphatic carbocycles. The van der Waals surface area contributed by atoms with Crippen molar-refractivity contribution in [3.8, 4) is 0 Å². The number of carbonyl (C=O) groups is 2. The van der Waals surface area contributed by atoms with E-state index < -0.39 is 11.2 Å². The van der Waals surface area contributed by atoms with Crippen molar-refractivity contribution in [2.75, 3.05) is 11.4 Å². The first kappa shape index (κ1) is 16.8. The second-order valence-corrected chi connectivity index (χ2v) is 7.20. The maximum Gasteiger partial charge on any atom is 0.237 e. The highest BCUT2D eigenvalue weighted by molar-refractivity contribution is 9.10. The van der Waals surface area contributed by atoms with E-state index in [1.54, 1.807) is 24.3 Å². The van der Waals surface area contributed by atoms with Crippen molar-refractivity contribution in [3.05, 3.63) is 65.4 Å². The molecule has 124 valence electrons. The third kappa shape index (κ3) is 2.67. The highest BCUT2D eigenvalue weighted by Gasteiger charge is 2.51. The molecule has 24 heavy (non-hydrogen) atoms. The van der Waals surface area contributed by atoms with Crippen LogP contribution < -0.4 is 4.90 Å². The van der Waals surface area contributed by atoms with Crippen LogP contribution in [0.2, 0.25) is 0 Å². The van der Waals surface area contributed by atoms with Crippen LogP contribution in [0, 0.1) is 17.2 Å². The number of allylic oxidation sites excluding steroid dienone is 2. The summed E-state index contributed by atoms with van der Waals surface area (Å²) in [6, 6.07) is 4.58. The maximum absolute atomic E-state index is 14.4. The lowest BCUT2D eigenvalue weighted by Crippen LogP contribution is -2.43. The summed E-state index contributed by atoms with van der Waals surface area (Å²) in [5.74, 6) is -1.03. The van der Waals surface area contributed by atoms with Crippen LogP contribution in [0.4, 0.5) is 10.1 Å². The van der Waals surface area contributed by atoms with Gasteiger partial charge in [0.1, 0.15) is 5.82 Å². The summed E-state index contributed by atoms with van der Waals surface area (Å²) < 4.78 is 15.0. The van der Waals surface area contributed by atoms with Gasteiger partial charge in [-0.2, -0.15) is 0 Å². The molecule has 1 aromatic rings. The molecule has 0 spiro atoms. The molecule has 5 heteroatoms. The van der Waals surface area contributed by atoms with E-state index in [0.29, 0.717) is 17.3 Å². The van der Waals surface area contributed by atoms with Crippen molar-refractivity contribution >= 4 is 33.3 Å². The normalized spacial score (nSPS) is 25.0. The Morgan fingerprint density at radius 3 is 2.92 bits per heavy atom. The van der Waals surface area contributed by atoms with Gasteiger partial charge < -0.3 is 4.90 Å². The van der Waals surface area contributed by atoms with Crippen LogP contribution in [0.3, 0.4) is 0 Å². The van der Waals surface area contributed by atoms with E-state index in [9.17, 15) is 14.0 Å². The molecule has 1 fully saturated rings. The Balaban J connectivity index is 2.02.